The van der Waals surface area contributed by atoms with Crippen molar-refractivity contribution >= 4 is 24.3 Å². The summed E-state index contributed by atoms with van der Waals surface area (Å²) in [5.41, 5.74) is 0.692. The molecule has 0 bridgehead atoms. The zero-order valence-electron chi connectivity index (χ0n) is 14.9. The van der Waals surface area contributed by atoms with Crippen LogP contribution < -0.4 is 4.72 Å². The summed E-state index contributed by atoms with van der Waals surface area (Å²) in [5.74, 6) is 5.42. The minimum absolute atomic E-state index is 0.00697. The lowest BCUT2D eigenvalue weighted by atomic mass is 10.2. The average Bonchev–Trinajstić information content (AvgIpc) is 2.62. The van der Waals surface area contributed by atoms with Crippen LogP contribution in [0.25, 0.3) is 0 Å². The first-order valence-corrected chi connectivity index (χ1v) is 8.34. The van der Waals surface area contributed by atoms with E-state index in [1.54, 1.807) is 26.2 Å². The highest BCUT2D eigenvalue weighted by molar-refractivity contribution is 8.00. The minimum atomic E-state index is -0.371. The number of amides is 2. The number of hydrogen-bond donors (Lipinski definition) is 2. The van der Waals surface area contributed by atoms with Gasteiger partial charge in [0.2, 0.25) is 12.3 Å². The van der Waals surface area contributed by atoms with Crippen LogP contribution in [0.2, 0.25) is 0 Å². The van der Waals surface area contributed by atoms with Gasteiger partial charge < -0.3 is 19.5 Å². The number of benzene rings is 1. The van der Waals surface area contributed by atoms with Crippen molar-refractivity contribution in [2.24, 2.45) is 0 Å². The molecule has 0 saturated carbocycles. The van der Waals surface area contributed by atoms with E-state index in [1.165, 1.54) is 34.5 Å². The maximum atomic E-state index is 12.4. The molecule has 0 atom stereocenters. The Morgan fingerprint density at radius 1 is 1.46 bits per heavy atom. The van der Waals surface area contributed by atoms with E-state index in [0.717, 1.165) is 11.9 Å². The molecule has 0 saturated heterocycles. The Morgan fingerprint density at radius 3 is 2.73 bits per heavy atom. The molecule has 1 aromatic rings. The van der Waals surface area contributed by atoms with Crippen molar-refractivity contribution in [1.82, 2.24) is 14.5 Å². The van der Waals surface area contributed by atoms with Crippen LogP contribution in [0.3, 0.4) is 0 Å². The molecule has 0 radical (unpaired) electrons. The molecule has 0 aromatic heterocycles. The minimum Gasteiger partial charge on any atom is -0.508 e. The van der Waals surface area contributed by atoms with Crippen molar-refractivity contribution in [3.05, 3.63) is 53.4 Å². The van der Waals surface area contributed by atoms with Crippen LogP contribution in [0.5, 0.6) is 5.75 Å². The van der Waals surface area contributed by atoms with Crippen molar-refractivity contribution in [2.75, 3.05) is 27.7 Å². The topological polar surface area (TPSA) is 82.1 Å². The van der Waals surface area contributed by atoms with Crippen LogP contribution in [0.1, 0.15) is 5.56 Å². The fourth-order valence-electron chi connectivity index (χ4n) is 1.83. The van der Waals surface area contributed by atoms with Gasteiger partial charge in [0.1, 0.15) is 5.75 Å². The molecule has 0 unspecified atom stereocenters. The summed E-state index contributed by atoms with van der Waals surface area (Å²) < 4.78 is 8.08. The third-order valence-corrected chi connectivity index (χ3v) is 3.48. The van der Waals surface area contributed by atoms with Crippen LogP contribution >= 0.6 is 11.9 Å². The molecule has 0 fully saturated rings. The third-order valence-electron chi connectivity index (χ3n) is 2.99. The van der Waals surface area contributed by atoms with E-state index >= 15 is 0 Å². The first-order valence-electron chi connectivity index (χ1n) is 7.46. The molecular weight excluding hydrogens is 354 g/mol. The molecule has 0 heterocycles. The summed E-state index contributed by atoms with van der Waals surface area (Å²) in [4.78, 5) is 26.4. The highest BCUT2D eigenvalue weighted by Gasteiger charge is 2.22. The molecule has 2 N–H and O–H groups in total. The van der Waals surface area contributed by atoms with E-state index < -0.39 is 0 Å². The zero-order chi connectivity index (χ0) is 19.5. The number of carbonyl (C=O) groups is 2. The average molecular weight is 375 g/mol. The Hall–Kier alpha value is -3.05. The van der Waals surface area contributed by atoms with Crippen molar-refractivity contribution in [3.8, 4) is 17.6 Å². The molecular formula is C18H21N3O4S. The van der Waals surface area contributed by atoms with Gasteiger partial charge in [-0.15, -0.1) is 0 Å². The van der Waals surface area contributed by atoms with Gasteiger partial charge in [-0.2, -0.15) is 0 Å². The van der Waals surface area contributed by atoms with Crippen LogP contribution in [-0.4, -0.2) is 55.0 Å². The van der Waals surface area contributed by atoms with E-state index in [-0.39, 0.29) is 29.8 Å². The number of aromatic hydroxyl groups is 1. The van der Waals surface area contributed by atoms with Crippen LogP contribution in [0.15, 0.2) is 47.8 Å². The normalized spacial score (nSPS) is 10.6. The van der Waals surface area contributed by atoms with Crippen LogP contribution in [0.4, 0.5) is 0 Å². The maximum Gasteiger partial charge on any atom is 0.275 e. The lowest BCUT2D eigenvalue weighted by molar-refractivity contribution is -0.125. The number of methoxy groups -OCH3 is 1. The van der Waals surface area contributed by atoms with Gasteiger partial charge in [0, 0.05) is 19.7 Å². The molecule has 1 rings (SSSR count). The number of likely N-dealkylation sites (N-methyl/N-ethyl adjacent to an activating group) is 1. The lowest BCUT2D eigenvalue weighted by Crippen LogP contribution is -2.34. The lowest BCUT2D eigenvalue weighted by Gasteiger charge is -2.22. The SMILES string of the molecule is C=CSN/C(C(=O)N(C)C)=C(\OC)N(C=O)CC#Cc1cccc(O)c1. The smallest absolute Gasteiger partial charge is 0.275 e. The first-order chi connectivity index (χ1) is 12.4. The van der Waals surface area contributed by atoms with Gasteiger partial charge in [-0.25, -0.2) is 0 Å². The Bertz CT molecular complexity index is 750. The second-order valence-electron chi connectivity index (χ2n) is 5.06. The summed E-state index contributed by atoms with van der Waals surface area (Å²) in [7, 11) is 4.53. The van der Waals surface area contributed by atoms with Crippen molar-refractivity contribution in [2.45, 2.75) is 0 Å². The number of rotatable bonds is 8. The summed E-state index contributed by atoms with van der Waals surface area (Å²) in [6.45, 7) is 3.56. The van der Waals surface area contributed by atoms with Gasteiger partial charge in [0.05, 0.1) is 13.7 Å². The van der Waals surface area contributed by atoms with Crippen molar-refractivity contribution in [1.29, 1.82) is 0 Å². The number of nitrogens with zero attached hydrogens (tertiary/aromatic N) is 2. The second-order valence-corrected chi connectivity index (χ2v) is 5.83. The van der Waals surface area contributed by atoms with Gasteiger partial charge in [0.15, 0.2) is 5.70 Å². The van der Waals surface area contributed by atoms with Crippen molar-refractivity contribution in [3.63, 3.8) is 0 Å². The molecule has 138 valence electrons. The number of phenols is 1. The molecule has 0 aliphatic carbocycles. The summed E-state index contributed by atoms with van der Waals surface area (Å²) in [5, 5.41) is 10.9. The standard InChI is InChI=1S/C18H21N3O4S/c1-5-26-19-16(17(24)20(2)3)18(25-4)21(13-22)11-7-9-14-8-6-10-15(23)12-14/h5-6,8,10,12-13,19,23H,1,11H2,2-4H3/b18-16-. The van der Waals surface area contributed by atoms with Crippen molar-refractivity contribution < 1.29 is 19.4 Å². The summed E-state index contributed by atoms with van der Waals surface area (Å²) >= 11 is 1.08. The van der Waals surface area contributed by atoms with Gasteiger partial charge >= 0.3 is 0 Å². The summed E-state index contributed by atoms with van der Waals surface area (Å²) in [6.07, 6.45) is 0.527. The van der Waals surface area contributed by atoms with Crippen LogP contribution in [-0.2, 0) is 14.3 Å². The Kier molecular flexibility index (Phi) is 8.67. The van der Waals surface area contributed by atoms with E-state index in [0.29, 0.717) is 12.0 Å². The predicted molar refractivity (Wildman–Crippen MR) is 101 cm³/mol. The number of hydrogen-bond acceptors (Lipinski definition) is 6. The van der Waals surface area contributed by atoms with E-state index in [9.17, 15) is 14.7 Å². The van der Waals surface area contributed by atoms with Gasteiger partial charge in [-0.3, -0.25) is 14.5 Å². The van der Waals surface area contributed by atoms with E-state index in [2.05, 4.69) is 23.1 Å². The fraction of sp³-hybridized carbons (Fsp3) is 0.222. The number of carbonyl (C=O) groups excluding carboxylic acids is 2. The number of nitrogens with one attached hydrogen (secondary N) is 1. The highest BCUT2D eigenvalue weighted by atomic mass is 32.2. The van der Waals surface area contributed by atoms with Crippen LogP contribution in [0, 0.1) is 11.8 Å². The molecule has 8 heteroatoms. The molecule has 0 spiro atoms. The quantitative estimate of drug-likeness (QED) is 0.236. The molecule has 0 aliphatic heterocycles. The Balaban J connectivity index is 3.13. The van der Waals surface area contributed by atoms with E-state index in [1.807, 2.05) is 0 Å². The number of phenolic OH excluding ortho intramolecular Hbond substituents is 1. The second kappa shape index (κ2) is 10.7. The summed E-state index contributed by atoms with van der Waals surface area (Å²) in [6, 6.07) is 6.45. The zero-order valence-corrected chi connectivity index (χ0v) is 15.7. The molecule has 7 nitrogen and oxygen atoms in total. The van der Waals surface area contributed by atoms with Gasteiger partial charge in [-0.05, 0) is 35.6 Å². The van der Waals surface area contributed by atoms with Gasteiger partial charge in [0.25, 0.3) is 5.91 Å². The number of ether oxygens (including phenoxy) is 1. The van der Waals surface area contributed by atoms with E-state index in [4.69, 9.17) is 4.74 Å². The largest absolute Gasteiger partial charge is 0.508 e. The Morgan fingerprint density at radius 2 is 2.19 bits per heavy atom. The highest BCUT2D eigenvalue weighted by Crippen LogP contribution is 2.14. The molecule has 0 aliphatic rings. The maximum absolute atomic E-state index is 12.4. The molecule has 1 aromatic carbocycles. The molecule has 2 amide bonds. The van der Waals surface area contributed by atoms with Gasteiger partial charge in [-0.1, -0.05) is 24.5 Å². The molecule has 26 heavy (non-hydrogen) atoms. The Labute approximate surface area is 157 Å². The predicted octanol–water partition coefficient (Wildman–Crippen LogP) is 1.49. The third kappa shape index (κ3) is 6.11. The monoisotopic (exact) mass is 375 g/mol. The fourth-order valence-corrected chi connectivity index (χ4v) is 2.21. The first kappa shape index (κ1) is 21.0.